The second-order valence-corrected chi connectivity index (χ2v) is 6.36. The van der Waals surface area contributed by atoms with E-state index in [2.05, 4.69) is 41.4 Å². The van der Waals surface area contributed by atoms with Crippen molar-refractivity contribution in [3.05, 3.63) is 35.9 Å². The van der Waals surface area contributed by atoms with Crippen molar-refractivity contribution < 1.29 is 4.79 Å². The number of amides is 1. The van der Waals surface area contributed by atoms with Gasteiger partial charge < -0.3 is 4.90 Å². The largest absolute Gasteiger partial charge is 0.319 e. The molecule has 2 aliphatic rings. The molecule has 2 unspecified atom stereocenters. The van der Waals surface area contributed by atoms with Crippen LogP contribution in [0.4, 0.5) is 0 Å². The highest BCUT2D eigenvalue weighted by atomic mass is 16.2. The Morgan fingerprint density at radius 3 is 2.57 bits per heavy atom. The van der Waals surface area contributed by atoms with Gasteiger partial charge in [0.2, 0.25) is 5.91 Å². The number of nitrogens with zero attached hydrogens (tertiary/aromatic N) is 1. The molecule has 3 heteroatoms. The van der Waals surface area contributed by atoms with Crippen molar-refractivity contribution in [3.8, 4) is 0 Å². The Kier molecular flexibility index (Phi) is 4.59. The number of rotatable bonds is 5. The Morgan fingerprint density at radius 2 is 1.90 bits per heavy atom. The van der Waals surface area contributed by atoms with Gasteiger partial charge in [0, 0.05) is 6.04 Å². The molecular weight excluding hydrogens is 260 g/mol. The molecule has 1 saturated heterocycles. The van der Waals surface area contributed by atoms with Gasteiger partial charge in [-0.1, -0.05) is 62.9 Å². The van der Waals surface area contributed by atoms with Crippen molar-refractivity contribution in [1.29, 1.82) is 0 Å². The minimum absolute atomic E-state index is 0.00996. The average Bonchev–Trinajstić information content (AvgIpc) is 3.14. The summed E-state index contributed by atoms with van der Waals surface area (Å²) >= 11 is 0. The number of benzene rings is 1. The molecule has 2 atom stereocenters. The summed E-state index contributed by atoms with van der Waals surface area (Å²) in [5.41, 5.74) is 1.22. The summed E-state index contributed by atoms with van der Waals surface area (Å²) in [5, 5.41) is 3.60. The molecule has 2 fully saturated rings. The van der Waals surface area contributed by atoms with Crippen LogP contribution in [0.5, 0.6) is 0 Å². The quantitative estimate of drug-likeness (QED) is 0.896. The topological polar surface area (TPSA) is 32.3 Å². The van der Waals surface area contributed by atoms with Crippen LogP contribution in [0.25, 0.3) is 0 Å². The average molecular weight is 286 g/mol. The number of carbonyl (C=O) groups is 1. The van der Waals surface area contributed by atoms with E-state index >= 15 is 0 Å². The van der Waals surface area contributed by atoms with Crippen LogP contribution in [0.15, 0.2) is 30.3 Å². The van der Waals surface area contributed by atoms with Crippen molar-refractivity contribution in [2.75, 3.05) is 0 Å². The summed E-state index contributed by atoms with van der Waals surface area (Å²) in [7, 11) is 0. The molecule has 1 amide bonds. The van der Waals surface area contributed by atoms with Crippen LogP contribution in [0.3, 0.4) is 0 Å². The third-order valence-corrected chi connectivity index (χ3v) is 4.87. The van der Waals surface area contributed by atoms with Crippen LogP contribution < -0.4 is 5.32 Å². The van der Waals surface area contributed by atoms with E-state index in [-0.39, 0.29) is 12.2 Å². The second kappa shape index (κ2) is 6.61. The number of unbranched alkanes of at least 4 members (excludes halogenated alkanes) is 1. The lowest BCUT2D eigenvalue weighted by Gasteiger charge is -2.30. The highest BCUT2D eigenvalue weighted by Crippen LogP contribution is 2.35. The Bertz CT molecular complexity index is 467. The molecule has 0 aromatic heterocycles. The summed E-state index contributed by atoms with van der Waals surface area (Å²) < 4.78 is 0. The maximum atomic E-state index is 12.8. The van der Waals surface area contributed by atoms with Gasteiger partial charge in [-0.15, -0.1) is 0 Å². The zero-order valence-corrected chi connectivity index (χ0v) is 12.9. The van der Waals surface area contributed by atoms with Gasteiger partial charge in [-0.05, 0) is 24.8 Å². The molecule has 1 heterocycles. The highest BCUT2D eigenvalue weighted by molar-refractivity contribution is 5.85. The van der Waals surface area contributed by atoms with E-state index in [1.807, 2.05) is 6.07 Å². The molecule has 1 aromatic carbocycles. The second-order valence-electron chi connectivity index (χ2n) is 6.36. The molecule has 3 nitrogen and oxygen atoms in total. The lowest BCUT2D eigenvalue weighted by Crippen LogP contribution is -2.38. The Balaban J connectivity index is 1.83. The zero-order valence-electron chi connectivity index (χ0n) is 12.9. The van der Waals surface area contributed by atoms with E-state index in [4.69, 9.17) is 0 Å². The van der Waals surface area contributed by atoms with Crippen molar-refractivity contribution in [2.24, 2.45) is 0 Å². The zero-order chi connectivity index (χ0) is 14.7. The molecule has 0 bridgehead atoms. The third kappa shape index (κ3) is 2.98. The molecule has 1 aromatic rings. The van der Waals surface area contributed by atoms with Gasteiger partial charge in [0.1, 0.15) is 6.17 Å². The SMILES string of the molecule is CCCCC1NC(c2ccccc2)N(C2CCCC2)C1=O. The fraction of sp³-hybridized carbons (Fsp3) is 0.611. The first-order valence-electron chi connectivity index (χ1n) is 8.44. The van der Waals surface area contributed by atoms with Crippen LogP contribution in [0.2, 0.25) is 0 Å². The molecule has 0 spiro atoms. The molecule has 114 valence electrons. The Morgan fingerprint density at radius 1 is 1.19 bits per heavy atom. The normalized spacial score (nSPS) is 26.7. The van der Waals surface area contributed by atoms with Gasteiger partial charge in [0.05, 0.1) is 6.04 Å². The highest BCUT2D eigenvalue weighted by Gasteiger charge is 2.43. The van der Waals surface area contributed by atoms with E-state index < -0.39 is 0 Å². The minimum Gasteiger partial charge on any atom is -0.319 e. The maximum Gasteiger partial charge on any atom is 0.241 e. The van der Waals surface area contributed by atoms with E-state index in [1.54, 1.807) is 0 Å². The van der Waals surface area contributed by atoms with Crippen molar-refractivity contribution >= 4 is 5.91 Å². The number of hydrogen-bond donors (Lipinski definition) is 1. The van der Waals surface area contributed by atoms with Crippen molar-refractivity contribution in [1.82, 2.24) is 10.2 Å². The number of carbonyl (C=O) groups excluding carboxylic acids is 1. The van der Waals surface area contributed by atoms with E-state index in [0.29, 0.717) is 11.9 Å². The Labute approximate surface area is 127 Å². The molecule has 1 saturated carbocycles. The van der Waals surface area contributed by atoms with E-state index in [0.717, 1.165) is 32.1 Å². The maximum absolute atomic E-state index is 12.8. The van der Waals surface area contributed by atoms with Crippen LogP contribution in [0.1, 0.15) is 63.6 Å². The monoisotopic (exact) mass is 286 g/mol. The van der Waals surface area contributed by atoms with Gasteiger partial charge in [-0.25, -0.2) is 0 Å². The molecule has 1 aliphatic heterocycles. The Hall–Kier alpha value is -1.35. The lowest BCUT2D eigenvalue weighted by molar-refractivity contribution is -0.132. The van der Waals surface area contributed by atoms with E-state index in [1.165, 1.54) is 18.4 Å². The van der Waals surface area contributed by atoms with Gasteiger partial charge in [0.25, 0.3) is 0 Å². The first-order chi connectivity index (χ1) is 10.3. The van der Waals surface area contributed by atoms with Gasteiger partial charge in [-0.3, -0.25) is 10.1 Å². The smallest absolute Gasteiger partial charge is 0.241 e. The summed E-state index contributed by atoms with van der Waals surface area (Å²) in [5.74, 6) is 0.323. The van der Waals surface area contributed by atoms with Crippen LogP contribution >= 0.6 is 0 Å². The molecule has 0 radical (unpaired) electrons. The first kappa shape index (κ1) is 14.6. The van der Waals surface area contributed by atoms with Gasteiger partial charge in [-0.2, -0.15) is 0 Å². The molecule has 3 rings (SSSR count). The third-order valence-electron chi connectivity index (χ3n) is 4.87. The minimum atomic E-state index is 0.00996. The standard InChI is InChI=1S/C18H26N2O/c1-2-3-13-16-18(21)20(15-11-7-8-12-15)17(19-16)14-9-5-4-6-10-14/h4-6,9-10,15-17,19H,2-3,7-8,11-13H2,1H3. The fourth-order valence-electron chi connectivity index (χ4n) is 3.73. The summed E-state index contributed by atoms with van der Waals surface area (Å²) in [6.45, 7) is 2.18. The molecule has 1 aliphatic carbocycles. The predicted octanol–water partition coefficient (Wildman–Crippen LogP) is 3.62. The lowest BCUT2D eigenvalue weighted by atomic mass is 10.1. The van der Waals surface area contributed by atoms with Crippen LogP contribution in [-0.2, 0) is 4.79 Å². The summed E-state index contributed by atoms with van der Waals surface area (Å²) in [4.78, 5) is 15.0. The summed E-state index contributed by atoms with van der Waals surface area (Å²) in [6, 6.07) is 10.9. The van der Waals surface area contributed by atoms with Crippen molar-refractivity contribution in [3.63, 3.8) is 0 Å². The van der Waals surface area contributed by atoms with E-state index in [9.17, 15) is 4.79 Å². The van der Waals surface area contributed by atoms with Crippen LogP contribution in [0, 0.1) is 0 Å². The van der Waals surface area contributed by atoms with Gasteiger partial charge >= 0.3 is 0 Å². The number of hydrogen-bond acceptors (Lipinski definition) is 2. The fourth-order valence-corrected chi connectivity index (χ4v) is 3.73. The predicted molar refractivity (Wildman–Crippen MR) is 84.7 cm³/mol. The number of nitrogens with one attached hydrogen (secondary N) is 1. The van der Waals surface area contributed by atoms with Crippen molar-refractivity contribution in [2.45, 2.75) is 70.1 Å². The summed E-state index contributed by atoms with van der Waals surface area (Å²) in [6.07, 6.45) is 8.14. The molecular formula is C18H26N2O. The first-order valence-corrected chi connectivity index (χ1v) is 8.44. The molecule has 1 N–H and O–H groups in total. The molecule has 21 heavy (non-hydrogen) atoms. The van der Waals surface area contributed by atoms with Gasteiger partial charge in [0.15, 0.2) is 0 Å². The van der Waals surface area contributed by atoms with Crippen LogP contribution in [-0.4, -0.2) is 22.9 Å².